The Morgan fingerprint density at radius 1 is 1.35 bits per heavy atom. The Hall–Kier alpha value is -2.37. The number of amides is 2. The van der Waals surface area contributed by atoms with Gasteiger partial charge in [0.15, 0.2) is 0 Å². The fourth-order valence-electron chi connectivity index (χ4n) is 2.57. The van der Waals surface area contributed by atoms with Crippen LogP contribution in [0, 0.1) is 5.92 Å². The van der Waals surface area contributed by atoms with E-state index in [4.69, 9.17) is 0 Å². The summed E-state index contributed by atoms with van der Waals surface area (Å²) in [6.07, 6.45) is 1.15. The van der Waals surface area contributed by atoms with Crippen LogP contribution in [0.5, 0.6) is 0 Å². The molecular formula is C17H22N2O4. The van der Waals surface area contributed by atoms with Crippen molar-refractivity contribution in [2.75, 3.05) is 12.4 Å². The van der Waals surface area contributed by atoms with E-state index in [0.717, 1.165) is 11.3 Å². The van der Waals surface area contributed by atoms with Crippen LogP contribution >= 0.6 is 0 Å². The van der Waals surface area contributed by atoms with Gasteiger partial charge in [0.1, 0.15) is 5.54 Å². The molecule has 6 nitrogen and oxygen atoms in total. The molecule has 1 heterocycles. The van der Waals surface area contributed by atoms with Gasteiger partial charge in [-0.3, -0.25) is 9.59 Å². The maximum absolute atomic E-state index is 12.2. The first kappa shape index (κ1) is 17.0. The SMILES string of the molecule is CN(C(=O)CCC1Cc2ccccc2NC1=O)C(C)(C)C(=O)O. The molecule has 1 aliphatic heterocycles. The number of benzene rings is 1. The molecule has 0 radical (unpaired) electrons. The molecule has 1 aliphatic rings. The molecule has 6 heteroatoms. The van der Waals surface area contributed by atoms with Crippen LogP contribution < -0.4 is 5.32 Å². The monoisotopic (exact) mass is 318 g/mol. The number of likely N-dealkylation sites (N-methyl/N-ethyl adjacent to an activating group) is 1. The number of hydrogen-bond acceptors (Lipinski definition) is 3. The van der Waals surface area contributed by atoms with Crippen molar-refractivity contribution in [3.05, 3.63) is 29.8 Å². The largest absolute Gasteiger partial charge is 0.480 e. The molecule has 2 rings (SSSR count). The molecule has 124 valence electrons. The van der Waals surface area contributed by atoms with Crippen molar-refractivity contribution in [2.45, 2.75) is 38.6 Å². The third-order valence-corrected chi connectivity index (χ3v) is 4.56. The molecule has 1 unspecified atom stereocenters. The van der Waals surface area contributed by atoms with Gasteiger partial charge >= 0.3 is 5.97 Å². The molecule has 0 fully saturated rings. The van der Waals surface area contributed by atoms with Crippen LogP contribution in [0.2, 0.25) is 0 Å². The van der Waals surface area contributed by atoms with Gasteiger partial charge in [0.2, 0.25) is 11.8 Å². The van der Waals surface area contributed by atoms with Gasteiger partial charge in [-0.1, -0.05) is 18.2 Å². The number of fused-ring (bicyclic) bond motifs is 1. The lowest BCUT2D eigenvalue weighted by molar-refractivity contribution is -0.155. The number of nitrogens with one attached hydrogen (secondary N) is 1. The number of carboxylic acids is 1. The van der Waals surface area contributed by atoms with E-state index in [0.29, 0.717) is 12.8 Å². The van der Waals surface area contributed by atoms with E-state index in [2.05, 4.69) is 5.32 Å². The summed E-state index contributed by atoms with van der Waals surface area (Å²) >= 11 is 0. The van der Waals surface area contributed by atoms with E-state index < -0.39 is 11.5 Å². The van der Waals surface area contributed by atoms with Gasteiger partial charge in [0.05, 0.1) is 0 Å². The first-order valence-electron chi connectivity index (χ1n) is 7.62. The smallest absolute Gasteiger partial charge is 0.329 e. The highest BCUT2D eigenvalue weighted by atomic mass is 16.4. The van der Waals surface area contributed by atoms with Crippen molar-refractivity contribution in [2.24, 2.45) is 5.92 Å². The molecule has 1 aromatic carbocycles. The van der Waals surface area contributed by atoms with Gasteiger partial charge in [0.25, 0.3) is 0 Å². The number of carbonyl (C=O) groups excluding carboxylic acids is 2. The number of carbonyl (C=O) groups is 3. The molecule has 0 bridgehead atoms. The molecule has 0 saturated heterocycles. The van der Waals surface area contributed by atoms with Gasteiger partial charge in [-0.2, -0.15) is 0 Å². The molecule has 0 saturated carbocycles. The lowest BCUT2D eigenvalue weighted by atomic mass is 9.89. The van der Waals surface area contributed by atoms with Gasteiger partial charge in [-0.25, -0.2) is 4.79 Å². The molecule has 1 atom stereocenters. The first-order chi connectivity index (χ1) is 10.7. The van der Waals surface area contributed by atoms with Gasteiger partial charge in [-0.15, -0.1) is 0 Å². The maximum atomic E-state index is 12.2. The van der Waals surface area contributed by atoms with E-state index in [1.54, 1.807) is 0 Å². The minimum absolute atomic E-state index is 0.0864. The lowest BCUT2D eigenvalue weighted by Gasteiger charge is -2.32. The highest BCUT2D eigenvalue weighted by molar-refractivity contribution is 5.96. The van der Waals surface area contributed by atoms with Crippen LogP contribution in [0.4, 0.5) is 5.69 Å². The van der Waals surface area contributed by atoms with Crippen LogP contribution in [0.15, 0.2) is 24.3 Å². The van der Waals surface area contributed by atoms with Crippen LogP contribution in [0.25, 0.3) is 0 Å². The van der Waals surface area contributed by atoms with Gasteiger partial charge in [0, 0.05) is 25.1 Å². The summed E-state index contributed by atoms with van der Waals surface area (Å²) in [6, 6.07) is 7.61. The number of carboxylic acid groups (broad SMARTS) is 1. The molecule has 0 aliphatic carbocycles. The summed E-state index contributed by atoms with van der Waals surface area (Å²) in [7, 11) is 1.48. The number of para-hydroxylation sites is 1. The second-order valence-electron chi connectivity index (χ2n) is 6.40. The van der Waals surface area contributed by atoms with E-state index in [-0.39, 0.29) is 24.2 Å². The Labute approximate surface area is 135 Å². The Kier molecular flexibility index (Phi) is 4.73. The van der Waals surface area contributed by atoms with Crippen LogP contribution in [0.3, 0.4) is 0 Å². The third kappa shape index (κ3) is 3.52. The van der Waals surface area contributed by atoms with E-state index >= 15 is 0 Å². The summed E-state index contributed by atoms with van der Waals surface area (Å²) < 4.78 is 0. The van der Waals surface area contributed by atoms with E-state index in [1.807, 2.05) is 24.3 Å². The molecule has 2 amide bonds. The lowest BCUT2D eigenvalue weighted by Crippen LogP contribution is -2.50. The van der Waals surface area contributed by atoms with Crippen LogP contribution in [0.1, 0.15) is 32.3 Å². The van der Waals surface area contributed by atoms with Crippen molar-refractivity contribution < 1.29 is 19.5 Å². The second-order valence-corrected chi connectivity index (χ2v) is 6.40. The summed E-state index contributed by atoms with van der Waals surface area (Å²) in [5.41, 5.74) is 0.617. The fraction of sp³-hybridized carbons (Fsp3) is 0.471. The molecular weight excluding hydrogens is 296 g/mol. The van der Waals surface area contributed by atoms with Crippen molar-refractivity contribution in [1.29, 1.82) is 0 Å². The minimum Gasteiger partial charge on any atom is -0.480 e. The Morgan fingerprint density at radius 2 is 2.00 bits per heavy atom. The molecule has 1 aromatic rings. The minimum atomic E-state index is -1.27. The predicted molar refractivity (Wildman–Crippen MR) is 86.0 cm³/mol. The highest BCUT2D eigenvalue weighted by Gasteiger charge is 2.35. The zero-order valence-electron chi connectivity index (χ0n) is 13.6. The highest BCUT2D eigenvalue weighted by Crippen LogP contribution is 2.28. The van der Waals surface area contributed by atoms with Crippen LogP contribution in [-0.4, -0.2) is 40.4 Å². The molecule has 23 heavy (non-hydrogen) atoms. The maximum Gasteiger partial charge on any atom is 0.329 e. The Morgan fingerprint density at radius 3 is 2.65 bits per heavy atom. The number of aliphatic carboxylic acids is 1. The first-order valence-corrected chi connectivity index (χ1v) is 7.62. The quantitative estimate of drug-likeness (QED) is 0.868. The van der Waals surface area contributed by atoms with E-state index in [1.165, 1.54) is 25.8 Å². The molecule has 2 N–H and O–H groups in total. The Bertz CT molecular complexity index is 639. The van der Waals surface area contributed by atoms with Crippen LogP contribution in [-0.2, 0) is 20.8 Å². The predicted octanol–water partition coefficient (Wildman–Crippen LogP) is 1.90. The van der Waals surface area contributed by atoms with Crippen molar-refractivity contribution in [3.8, 4) is 0 Å². The summed E-state index contributed by atoms with van der Waals surface area (Å²) in [5.74, 6) is -1.69. The fourth-order valence-corrected chi connectivity index (χ4v) is 2.57. The topological polar surface area (TPSA) is 86.7 Å². The number of anilines is 1. The van der Waals surface area contributed by atoms with Gasteiger partial charge < -0.3 is 15.3 Å². The zero-order chi connectivity index (χ0) is 17.2. The Balaban J connectivity index is 1.97. The van der Waals surface area contributed by atoms with Gasteiger partial charge in [-0.05, 0) is 38.3 Å². The average molecular weight is 318 g/mol. The molecule has 0 spiro atoms. The zero-order valence-corrected chi connectivity index (χ0v) is 13.6. The van der Waals surface area contributed by atoms with Crippen molar-refractivity contribution >= 4 is 23.5 Å². The average Bonchev–Trinajstić information content (AvgIpc) is 2.51. The van der Waals surface area contributed by atoms with Crippen molar-refractivity contribution in [3.63, 3.8) is 0 Å². The third-order valence-electron chi connectivity index (χ3n) is 4.56. The number of rotatable bonds is 5. The van der Waals surface area contributed by atoms with Crippen molar-refractivity contribution in [1.82, 2.24) is 4.90 Å². The second kappa shape index (κ2) is 6.40. The summed E-state index contributed by atoms with van der Waals surface area (Å²) in [4.78, 5) is 36.8. The summed E-state index contributed by atoms with van der Waals surface area (Å²) in [6.45, 7) is 2.97. The number of nitrogens with zero attached hydrogens (tertiary/aromatic N) is 1. The van der Waals surface area contributed by atoms with E-state index in [9.17, 15) is 19.5 Å². The normalized spacial score (nSPS) is 17.2. The summed E-state index contributed by atoms with van der Waals surface area (Å²) in [5, 5.41) is 12.0. The number of hydrogen-bond donors (Lipinski definition) is 2. The molecule has 0 aromatic heterocycles. The standard InChI is InChI=1S/C17H22N2O4/c1-17(2,16(22)23)19(3)14(20)9-8-12-10-11-6-4-5-7-13(11)18-15(12)21/h4-7,12H,8-10H2,1-3H3,(H,18,21)(H,22,23).